The van der Waals surface area contributed by atoms with Crippen LogP contribution in [0, 0.1) is 5.92 Å². The molecule has 0 radical (unpaired) electrons. The van der Waals surface area contributed by atoms with Gasteiger partial charge in [-0.15, -0.1) is 11.3 Å². The molecular weight excluding hydrogens is 244 g/mol. The minimum absolute atomic E-state index is 0.0383. The van der Waals surface area contributed by atoms with Crippen molar-refractivity contribution in [1.29, 1.82) is 0 Å². The van der Waals surface area contributed by atoms with Crippen molar-refractivity contribution in [3.8, 4) is 0 Å². The van der Waals surface area contributed by atoms with Crippen LogP contribution in [0.2, 0.25) is 4.34 Å². The summed E-state index contributed by atoms with van der Waals surface area (Å²) >= 11 is 7.33. The SMILES string of the molecule is CC(C)CNC(=O)CNCc1ccc(Cl)s1. The van der Waals surface area contributed by atoms with Gasteiger partial charge in [0.15, 0.2) is 0 Å². The van der Waals surface area contributed by atoms with Crippen LogP contribution in [0.1, 0.15) is 18.7 Å². The lowest BCUT2D eigenvalue weighted by molar-refractivity contribution is -0.120. The summed E-state index contributed by atoms with van der Waals surface area (Å²) in [7, 11) is 0. The first-order valence-electron chi connectivity index (χ1n) is 5.29. The third kappa shape index (κ3) is 5.49. The lowest BCUT2D eigenvalue weighted by atomic mass is 10.2. The van der Waals surface area contributed by atoms with E-state index in [1.165, 1.54) is 11.3 Å². The topological polar surface area (TPSA) is 41.1 Å². The second kappa shape index (κ2) is 6.89. The van der Waals surface area contributed by atoms with E-state index in [1.807, 2.05) is 12.1 Å². The largest absolute Gasteiger partial charge is 0.355 e. The predicted octanol–water partition coefficient (Wildman–Crippen LogP) is 2.26. The van der Waals surface area contributed by atoms with Crippen LogP contribution in [0.3, 0.4) is 0 Å². The molecule has 0 atom stereocenters. The average Bonchev–Trinajstić information content (AvgIpc) is 2.61. The second-order valence-electron chi connectivity index (χ2n) is 4.01. The third-order valence-electron chi connectivity index (χ3n) is 1.92. The lowest BCUT2D eigenvalue weighted by Gasteiger charge is -2.07. The molecule has 1 rings (SSSR count). The van der Waals surface area contributed by atoms with Crippen molar-refractivity contribution in [2.75, 3.05) is 13.1 Å². The van der Waals surface area contributed by atoms with Crippen molar-refractivity contribution in [1.82, 2.24) is 10.6 Å². The Morgan fingerprint density at radius 2 is 2.25 bits per heavy atom. The molecule has 90 valence electrons. The highest BCUT2D eigenvalue weighted by Crippen LogP contribution is 2.20. The van der Waals surface area contributed by atoms with Crippen molar-refractivity contribution in [3.63, 3.8) is 0 Å². The van der Waals surface area contributed by atoms with E-state index >= 15 is 0 Å². The molecular formula is C11H17ClN2OS. The molecule has 0 saturated heterocycles. The molecule has 0 saturated carbocycles. The molecule has 0 aromatic carbocycles. The van der Waals surface area contributed by atoms with Gasteiger partial charge < -0.3 is 10.6 Å². The van der Waals surface area contributed by atoms with E-state index in [2.05, 4.69) is 24.5 Å². The minimum Gasteiger partial charge on any atom is -0.355 e. The molecule has 2 N–H and O–H groups in total. The molecule has 1 heterocycles. The van der Waals surface area contributed by atoms with Crippen molar-refractivity contribution >= 4 is 28.8 Å². The van der Waals surface area contributed by atoms with Gasteiger partial charge in [-0.05, 0) is 18.1 Å². The molecule has 1 amide bonds. The van der Waals surface area contributed by atoms with E-state index in [0.29, 0.717) is 19.0 Å². The maximum absolute atomic E-state index is 11.3. The Kier molecular flexibility index (Phi) is 5.80. The molecule has 1 aromatic rings. The number of rotatable bonds is 6. The van der Waals surface area contributed by atoms with Gasteiger partial charge in [0.2, 0.25) is 5.91 Å². The van der Waals surface area contributed by atoms with Crippen molar-refractivity contribution < 1.29 is 4.79 Å². The van der Waals surface area contributed by atoms with Gasteiger partial charge in [-0.1, -0.05) is 25.4 Å². The summed E-state index contributed by atoms with van der Waals surface area (Å²) in [5.74, 6) is 0.524. The van der Waals surface area contributed by atoms with Gasteiger partial charge in [-0.25, -0.2) is 0 Å². The Labute approximate surface area is 105 Å². The summed E-state index contributed by atoms with van der Waals surface area (Å²) in [6.07, 6.45) is 0. The van der Waals surface area contributed by atoms with Gasteiger partial charge in [-0.3, -0.25) is 4.79 Å². The Morgan fingerprint density at radius 1 is 1.50 bits per heavy atom. The van der Waals surface area contributed by atoms with Crippen LogP contribution < -0.4 is 10.6 Å². The van der Waals surface area contributed by atoms with Crippen molar-refractivity contribution in [2.24, 2.45) is 5.92 Å². The number of halogens is 1. The molecule has 0 bridgehead atoms. The fourth-order valence-electron chi connectivity index (χ4n) is 1.13. The maximum Gasteiger partial charge on any atom is 0.233 e. The molecule has 0 aliphatic rings. The van der Waals surface area contributed by atoms with Gasteiger partial charge in [0, 0.05) is 18.0 Å². The Balaban J connectivity index is 2.13. The van der Waals surface area contributed by atoms with Gasteiger partial charge >= 0.3 is 0 Å². The Morgan fingerprint density at radius 3 is 2.81 bits per heavy atom. The molecule has 16 heavy (non-hydrogen) atoms. The predicted molar refractivity (Wildman–Crippen MR) is 68.9 cm³/mol. The van der Waals surface area contributed by atoms with Crippen LogP contribution in [0.5, 0.6) is 0 Å². The fraction of sp³-hybridized carbons (Fsp3) is 0.545. The molecule has 5 heteroatoms. The summed E-state index contributed by atoms with van der Waals surface area (Å²) in [4.78, 5) is 12.5. The van der Waals surface area contributed by atoms with Crippen LogP contribution in [0.4, 0.5) is 0 Å². The van der Waals surface area contributed by atoms with E-state index in [9.17, 15) is 4.79 Å². The number of nitrogens with one attached hydrogen (secondary N) is 2. The van der Waals surface area contributed by atoms with Crippen LogP contribution >= 0.6 is 22.9 Å². The molecule has 0 spiro atoms. The van der Waals surface area contributed by atoms with Crippen molar-refractivity contribution in [2.45, 2.75) is 20.4 Å². The molecule has 3 nitrogen and oxygen atoms in total. The van der Waals surface area contributed by atoms with Gasteiger partial charge in [0.25, 0.3) is 0 Å². The van der Waals surface area contributed by atoms with E-state index in [4.69, 9.17) is 11.6 Å². The number of hydrogen-bond acceptors (Lipinski definition) is 3. The van der Waals surface area contributed by atoms with Crippen LogP contribution in [0.25, 0.3) is 0 Å². The van der Waals surface area contributed by atoms with E-state index in [0.717, 1.165) is 15.8 Å². The first-order chi connectivity index (χ1) is 7.58. The van der Waals surface area contributed by atoms with Gasteiger partial charge in [-0.2, -0.15) is 0 Å². The maximum atomic E-state index is 11.3. The minimum atomic E-state index is 0.0383. The zero-order valence-electron chi connectivity index (χ0n) is 9.55. The van der Waals surface area contributed by atoms with Crippen LogP contribution in [-0.4, -0.2) is 19.0 Å². The summed E-state index contributed by atoms with van der Waals surface area (Å²) in [6.45, 7) is 5.91. The van der Waals surface area contributed by atoms with Gasteiger partial charge in [0.05, 0.1) is 10.9 Å². The molecule has 0 unspecified atom stereocenters. The zero-order valence-corrected chi connectivity index (χ0v) is 11.1. The summed E-state index contributed by atoms with van der Waals surface area (Å²) in [5, 5.41) is 5.93. The standard InChI is InChI=1S/C11H17ClN2OS/c1-8(2)5-14-11(15)7-13-6-9-3-4-10(12)16-9/h3-4,8,13H,5-7H2,1-2H3,(H,14,15). The lowest BCUT2D eigenvalue weighted by Crippen LogP contribution is -2.35. The smallest absolute Gasteiger partial charge is 0.233 e. The van der Waals surface area contributed by atoms with Crippen LogP contribution in [-0.2, 0) is 11.3 Å². The molecule has 0 aliphatic carbocycles. The third-order valence-corrected chi connectivity index (χ3v) is 3.15. The monoisotopic (exact) mass is 260 g/mol. The zero-order chi connectivity index (χ0) is 12.0. The number of thiophene rings is 1. The Hall–Kier alpha value is -0.580. The summed E-state index contributed by atoms with van der Waals surface area (Å²) in [5.41, 5.74) is 0. The van der Waals surface area contributed by atoms with Crippen molar-refractivity contribution in [3.05, 3.63) is 21.3 Å². The Bertz CT molecular complexity index is 338. The highest BCUT2D eigenvalue weighted by atomic mass is 35.5. The fourth-order valence-corrected chi connectivity index (χ4v) is 2.18. The molecule has 1 aromatic heterocycles. The summed E-state index contributed by atoms with van der Waals surface area (Å²) in [6, 6.07) is 3.83. The molecule has 0 fully saturated rings. The first-order valence-corrected chi connectivity index (χ1v) is 6.49. The highest BCUT2D eigenvalue weighted by Gasteiger charge is 2.02. The van der Waals surface area contributed by atoms with E-state index in [1.54, 1.807) is 0 Å². The summed E-state index contributed by atoms with van der Waals surface area (Å²) < 4.78 is 0.779. The number of hydrogen-bond donors (Lipinski definition) is 2. The van der Waals surface area contributed by atoms with Crippen LogP contribution in [0.15, 0.2) is 12.1 Å². The number of amides is 1. The number of carbonyl (C=O) groups excluding carboxylic acids is 1. The van der Waals surface area contributed by atoms with Gasteiger partial charge in [0.1, 0.15) is 0 Å². The van der Waals surface area contributed by atoms with E-state index in [-0.39, 0.29) is 5.91 Å². The highest BCUT2D eigenvalue weighted by molar-refractivity contribution is 7.16. The quantitative estimate of drug-likeness (QED) is 0.824. The normalized spacial score (nSPS) is 10.8. The van der Waals surface area contributed by atoms with E-state index < -0.39 is 0 Å². The average molecular weight is 261 g/mol. The number of carbonyl (C=O) groups is 1. The molecule has 0 aliphatic heterocycles. The first kappa shape index (κ1) is 13.5. The second-order valence-corrected chi connectivity index (χ2v) is 5.81.